The predicted molar refractivity (Wildman–Crippen MR) is 144 cm³/mol. The first-order valence-electron chi connectivity index (χ1n) is 12.8. The molecule has 1 unspecified atom stereocenters. The quantitative estimate of drug-likeness (QED) is 0.236. The highest BCUT2D eigenvalue weighted by Gasteiger charge is 2.46. The van der Waals surface area contributed by atoms with E-state index < -0.39 is 17.7 Å². The molecule has 7 heteroatoms. The number of aliphatic hydroxyl groups is 1. The Morgan fingerprint density at radius 3 is 2.46 bits per heavy atom. The van der Waals surface area contributed by atoms with Crippen LogP contribution in [0.1, 0.15) is 48.1 Å². The lowest BCUT2D eigenvalue weighted by molar-refractivity contribution is -0.140. The van der Waals surface area contributed by atoms with E-state index >= 15 is 0 Å². The maximum atomic E-state index is 13.4. The van der Waals surface area contributed by atoms with Crippen molar-refractivity contribution in [1.82, 2.24) is 9.80 Å². The van der Waals surface area contributed by atoms with Crippen LogP contribution in [0.2, 0.25) is 0 Å². The molecule has 1 atom stereocenters. The van der Waals surface area contributed by atoms with Crippen molar-refractivity contribution in [1.29, 1.82) is 0 Å². The van der Waals surface area contributed by atoms with Crippen molar-refractivity contribution in [3.8, 4) is 5.75 Å². The third-order valence-electron chi connectivity index (χ3n) is 7.04. The lowest BCUT2D eigenvalue weighted by Crippen LogP contribution is -2.42. The van der Waals surface area contributed by atoms with Gasteiger partial charge in [-0.3, -0.25) is 14.5 Å². The number of carbonyl (C=O) groups excluding carboxylic acids is 2. The van der Waals surface area contributed by atoms with E-state index in [2.05, 4.69) is 25.3 Å². The number of aliphatic hydroxyl groups excluding tert-OH is 1. The normalized spacial score (nSPS) is 20.0. The van der Waals surface area contributed by atoms with Crippen molar-refractivity contribution < 1.29 is 24.2 Å². The van der Waals surface area contributed by atoms with E-state index in [1.807, 2.05) is 31.2 Å². The van der Waals surface area contributed by atoms with Gasteiger partial charge in [0.2, 0.25) is 0 Å². The standard InChI is InChI=1S/C30H36N2O5/c1-5-16-37-24-10-11-25(21(4)19-24)28(33)26-27(23-8-6-22(7-9-23)20(2)3)32(30(35)29(26)34)13-12-31-14-17-36-18-15-31/h5-11,19-20,27,33H,1,12-18H2,2-4H3. The van der Waals surface area contributed by atoms with Crippen LogP contribution in [0.3, 0.4) is 0 Å². The molecule has 2 aliphatic rings. The first kappa shape index (κ1) is 26.6. The number of aryl methyl sites for hydroxylation is 1. The summed E-state index contributed by atoms with van der Waals surface area (Å²) in [5, 5.41) is 11.5. The third-order valence-corrected chi connectivity index (χ3v) is 7.04. The van der Waals surface area contributed by atoms with Gasteiger partial charge in [-0.25, -0.2) is 0 Å². The fourth-order valence-electron chi connectivity index (χ4n) is 4.89. The highest BCUT2D eigenvalue weighted by molar-refractivity contribution is 6.46. The van der Waals surface area contributed by atoms with Gasteiger partial charge in [0, 0.05) is 31.7 Å². The van der Waals surface area contributed by atoms with Crippen molar-refractivity contribution in [2.24, 2.45) is 0 Å². The topological polar surface area (TPSA) is 79.3 Å². The minimum absolute atomic E-state index is 0.118. The summed E-state index contributed by atoms with van der Waals surface area (Å²) in [6.45, 7) is 14.0. The van der Waals surface area contributed by atoms with Crippen molar-refractivity contribution in [2.75, 3.05) is 46.0 Å². The molecule has 0 aromatic heterocycles. The zero-order chi connectivity index (χ0) is 26.5. The van der Waals surface area contributed by atoms with Crippen LogP contribution in [-0.4, -0.2) is 72.6 Å². The molecule has 2 heterocycles. The third kappa shape index (κ3) is 5.78. The average Bonchev–Trinajstić information content (AvgIpc) is 3.16. The minimum Gasteiger partial charge on any atom is -0.507 e. The molecule has 1 N–H and O–H groups in total. The Morgan fingerprint density at radius 2 is 1.84 bits per heavy atom. The lowest BCUT2D eigenvalue weighted by atomic mass is 9.92. The first-order chi connectivity index (χ1) is 17.8. The monoisotopic (exact) mass is 504 g/mol. The SMILES string of the molecule is C=CCOc1ccc(C(O)=C2C(=O)C(=O)N(CCN3CCOCC3)C2c2ccc(C(C)C)cc2)c(C)c1. The predicted octanol–water partition coefficient (Wildman–Crippen LogP) is 4.44. The van der Waals surface area contributed by atoms with E-state index in [1.165, 1.54) is 5.56 Å². The molecular formula is C30H36N2O5. The Morgan fingerprint density at radius 1 is 1.14 bits per heavy atom. The second kappa shape index (κ2) is 11.8. The number of rotatable bonds is 9. The number of benzene rings is 2. The Balaban J connectivity index is 1.73. The van der Waals surface area contributed by atoms with Gasteiger partial charge in [0.25, 0.3) is 11.7 Å². The largest absolute Gasteiger partial charge is 0.507 e. The van der Waals surface area contributed by atoms with Gasteiger partial charge in [-0.2, -0.15) is 0 Å². The second-order valence-corrected chi connectivity index (χ2v) is 9.84. The molecule has 0 spiro atoms. The van der Waals surface area contributed by atoms with Crippen LogP contribution in [0.25, 0.3) is 5.76 Å². The van der Waals surface area contributed by atoms with E-state index in [1.54, 1.807) is 29.2 Å². The van der Waals surface area contributed by atoms with E-state index in [0.717, 1.165) is 24.2 Å². The van der Waals surface area contributed by atoms with Gasteiger partial charge in [0.05, 0.1) is 24.8 Å². The molecule has 2 aliphatic heterocycles. The first-order valence-corrected chi connectivity index (χ1v) is 12.8. The van der Waals surface area contributed by atoms with Crippen molar-refractivity contribution >= 4 is 17.4 Å². The summed E-state index contributed by atoms with van der Waals surface area (Å²) in [5.41, 5.74) is 3.33. The van der Waals surface area contributed by atoms with E-state index in [9.17, 15) is 14.7 Å². The van der Waals surface area contributed by atoms with E-state index in [4.69, 9.17) is 9.47 Å². The lowest BCUT2D eigenvalue weighted by Gasteiger charge is -2.31. The maximum Gasteiger partial charge on any atom is 0.295 e. The number of morpholine rings is 1. The molecule has 7 nitrogen and oxygen atoms in total. The molecule has 196 valence electrons. The molecule has 4 rings (SSSR count). The van der Waals surface area contributed by atoms with Gasteiger partial charge in [0.15, 0.2) is 0 Å². The highest BCUT2D eigenvalue weighted by atomic mass is 16.5. The number of hydrogen-bond donors (Lipinski definition) is 1. The summed E-state index contributed by atoms with van der Waals surface area (Å²) < 4.78 is 11.0. The Bertz CT molecular complexity index is 1180. The van der Waals surface area contributed by atoms with Gasteiger partial charge in [-0.1, -0.05) is 50.8 Å². The number of Topliss-reactive ketones (excluding diaryl/α,β-unsaturated/α-hetero) is 1. The molecular weight excluding hydrogens is 468 g/mol. The molecule has 0 radical (unpaired) electrons. The number of ether oxygens (including phenoxy) is 2. The summed E-state index contributed by atoms with van der Waals surface area (Å²) in [6, 6.07) is 12.6. The summed E-state index contributed by atoms with van der Waals surface area (Å²) in [5.74, 6) is -0.426. The molecule has 0 bridgehead atoms. The van der Waals surface area contributed by atoms with E-state index in [-0.39, 0.29) is 11.3 Å². The number of amides is 1. The molecule has 37 heavy (non-hydrogen) atoms. The van der Waals surface area contributed by atoms with Crippen LogP contribution in [0.5, 0.6) is 5.75 Å². The van der Waals surface area contributed by atoms with Crippen molar-refractivity contribution in [2.45, 2.75) is 32.7 Å². The van der Waals surface area contributed by atoms with Crippen LogP contribution in [-0.2, 0) is 14.3 Å². The zero-order valence-corrected chi connectivity index (χ0v) is 21.9. The van der Waals surface area contributed by atoms with Crippen LogP contribution in [0, 0.1) is 6.92 Å². The van der Waals surface area contributed by atoms with Gasteiger partial charge in [-0.15, -0.1) is 0 Å². The van der Waals surface area contributed by atoms with Crippen LogP contribution in [0.4, 0.5) is 0 Å². The fourth-order valence-corrected chi connectivity index (χ4v) is 4.89. The molecule has 2 fully saturated rings. The Kier molecular flexibility index (Phi) is 8.46. The van der Waals surface area contributed by atoms with Crippen molar-refractivity contribution in [3.05, 3.63) is 82.9 Å². The van der Waals surface area contributed by atoms with Gasteiger partial charge in [0.1, 0.15) is 18.1 Å². The van der Waals surface area contributed by atoms with Gasteiger partial charge < -0.3 is 19.5 Å². The van der Waals surface area contributed by atoms with Gasteiger partial charge in [-0.05, 0) is 47.7 Å². The second-order valence-electron chi connectivity index (χ2n) is 9.84. The molecule has 0 aliphatic carbocycles. The van der Waals surface area contributed by atoms with E-state index in [0.29, 0.717) is 50.1 Å². The number of hydrogen-bond acceptors (Lipinski definition) is 6. The molecule has 0 saturated carbocycles. The maximum absolute atomic E-state index is 13.4. The molecule has 2 aromatic carbocycles. The molecule has 1 amide bonds. The highest BCUT2D eigenvalue weighted by Crippen LogP contribution is 2.40. The van der Waals surface area contributed by atoms with Crippen LogP contribution in [0.15, 0.2) is 60.7 Å². The number of carbonyl (C=O) groups is 2. The number of ketones is 1. The number of likely N-dealkylation sites (tertiary alicyclic amines) is 1. The summed E-state index contributed by atoms with van der Waals surface area (Å²) in [6.07, 6.45) is 1.66. The zero-order valence-electron chi connectivity index (χ0n) is 21.9. The average molecular weight is 505 g/mol. The van der Waals surface area contributed by atoms with Crippen molar-refractivity contribution in [3.63, 3.8) is 0 Å². The smallest absolute Gasteiger partial charge is 0.295 e. The summed E-state index contributed by atoms with van der Waals surface area (Å²) >= 11 is 0. The van der Waals surface area contributed by atoms with Gasteiger partial charge >= 0.3 is 0 Å². The van der Waals surface area contributed by atoms with Crippen LogP contribution >= 0.6 is 0 Å². The number of nitrogens with zero attached hydrogens (tertiary/aromatic N) is 2. The molecule has 2 aromatic rings. The Labute approximate surface area is 219 Å². The molecule has 2 saturated heterocycles. The summed E-state index contributed by atoms with van der Waals surface area (Å²) in [4.78, 5) is 30.5. The fraction of sp³-hybridized carbons (Fsp3) is 0.400. The minimum atomic E-state index is -0.668. The Hall–Kier alpha value is -3.42. The summed E-state index contributed by atoms with van der Waals surface area (Å²) in [7, 11) is 0. The van der Waals surface area contributed by atoms with Crippen LogP contribution < -0.4 is 4.74 Å².